The molecule has 24 heavy (non-hydrogen) atoms. The largest absolute Gasteiger partial charge is 0.457 e. The molecule has 128 valence electrons. The average molecular weight is 333 g/mol. The number of hydrogen-bond donors (Lipinski definition) is 0. The van der Waals surface area contributed by atoms with Gasteiger partial charge in [0.05, 0.1) is 24.8 Å². The van der Waals surface area contributed by atoms with Crippen molar-refractivity contribution in [3.63, 3.8) is 0 Å². The summed E-state index contributed by atoms with van der Waals surface area (Å²) in [4.78, 5) is 17.5. The molecule has 3 rings (SSSR count). The average Bonchev–Trinajstić information content (AvgIpc) is 3.19. The van der Waals surface area contributed by atoms with E-state index in [0.717, 1.165) is 0 Å². The van der Waals surface area contributed by atoms with Gasteiger partial charge in [0, 0.05) is 19.0 Å². The molecule has 3 unspecified atom stereocenters. The minimum absolute atomic E-state index is 0.294. The monoisotopic (exact) mass is 333 g/mol. The molecule has 0 aliphatic carbocycles. The molecule has 3 aliphatic heterocycles. The van der Waals surface area contributed by atoms with Crippen LogP contribution in [0.5, 0.6) is 0 Å². The van der Waals surface area contributed by atoms with Crippen LogP contribution in [0.1, 0.15) is 20.3 Å². The van der Waals surface area contributed by atoms with E-state index in [1.165, 1.54) is 6.08 Å². The molecule has 5 atom stereocenters. The molecule has 8 nitrogen and oxygen atoms in total. The van der Waals surface area contributed by atoms with Gasteiger partial charge >= 0.3 is 5.97 Å². The minimum Gasteiger partial charge on any atom is -0.457 e. The van der Waals surface area contributed by atoms with Crippen molar-refractivity contribution in [3.8, 4) is 12.1 Å². The Labute approximate surface area is 140 Å². The molecule has 0 aromatic heterocycles. The number of carbonyl (C=O) groups is 1. The standard InChI is InChI=1S/C16H19N3O5/c1-16(2)21-9-10(23-16)3-4-14(20)22-12-5-6-19-15(12)11(7-17)13(8-18)24-19/h3-4,10-13,15H,5-6,9H2,1-2H3/b4-3+/t10-,11?,12-,13?,15?/m0/s1. The molecular weight excluding hydrogens is 314 g/mol. The lowest BCUT2D eigenvalue weighted by Crippen LogP contribution is -2.36. The van der Waals surface area contributed by atoms with Crippen molar-refractivity contribution in [1.82, 2.24) is 5.06 Å². The molecule has 8 heteroatoms. The van der Waals surface area contributed by atoms with Gasteiger partial charge < -0.3 is 14.2 Å². The first-order valence-electron chi connectivity index (χ1n) is 7.87. The van der Waals surface area contributed by atoms with E-state index in [1.54, 1.807) is 25.0 Å². The number of nitrogens with zero attached hydrogens (tertiary/aromatic N) is 3. The lowest BCUT2D eigenvalue weighted by molar-refractivity contribution is -0.152. The molecule has 3 heterocycles. The zero-order valence-electron chi connectivity index (χ0n) is 13.5. The minimum atomic E-state index is -0.816. The van der Waals surface area contributed by atoms with Crippen LogP contribution in [0.15, 0.2) is 12.2 Å². The third-order valence-electron chi connectivity index (χ3n) is 4.31. The van der Waals surface area contributed by atoms with Gasteiger partial charge in [-0.1, -0.05) is 0 Å². The quantitative estimate of drug-likeness (QED) is 0.548. The van der Waals surface area contributed by atoms with E-state index in [0.29, 0.717) is 19.6 Å². The van der Waals surface area contributed by atoms with Gasteiger partial charge in [-0.25, -0.2) is 4.79 Å². The van der Waals surface area contributed by atoms with Crippen LogP contribution in [0.25, 0.3) is 0 Å². The van der Waals surface area contributed by atoms with E-state index in [4.69, 9.17) is 24.3 Å². The number of rotatable bonds is 3. The Morgan fingerprint density at radius 2 is 2.17 bits per heavy atom. The molecule has 3 aliphatic rings. The van der Waals surface area contributed by atoms with Gasteiger partial charge in [0.2, 0.25) is 0 Å². The summed E-state index contributed by atoms with van der Waals surface area (Å²) in [5.74, 6) is -1.79. The number of hydroxylamine groups is 2. The fourth-order valence-corrected chi connectivity index (χ4v) is 3.24. The maximum atomic E-state index is 12.0. The second-order valence-corrected chi connectivity index (χ2v) is 6.43. The number of hydrogen-bond acceptors (Lipinski definition) is 8. The van der Waals surface area contributed by atoms with E-state index in [2.05, 4.69) is 6.07 Å². The molecule has 3 fully saturated rings. The van der Waals surface area contributed by atoms with E-state index in [-0.39, 0.29) is 6.10 Å². The third kappa shape index (κ3) is 3.28. The van der Waals surface area contributed by atoms with Crippen molar-refractivity contribution in [1.29, 1.82) is 10.5 Å². The SMILES string of the molecule is CC1(C)OC[C@H](/C=C/C(=O)O[C@H]2CCN3OC(C#N)C(C#N)C23)O1. The molecule has 0 bridgehead atoms. The first kappa shape index (κ1) is 16.9. The fourth-order valence-electron chi connectivity index (χ4n) is 3.24. The molecular formula is C16H19N3O5. The Hall–Kier alpha value is -1.97. The maximum absolute atomic E-state index is 12.0. The summed E-state index contributed by atoms with van der Waals surface area (Å²) in [6, 6.07) is 3.66. The summed E-state index contributed by atoms with van der Waals surface area (Å²) in [5, 5.41) is 19.9. The van der Waals surface area contributed by atoms with E-state index in [1.807, 2.05) is 6.07 Å². The molecule has 0 spiro atoms. The normalized spacial score (nSPS) is 37.9. The molecule has 3 saturated heterocycles. The summed E-state index contributed by atoms with van der Waals surface area (Å²) in [7, 11) is 0. The van der Waals surface area contributed by atoms with Gasteiger partial charge in [0.1, 0.15) is 18.1 Å². The second kappa shape index (κ2) is 6.50. The van der Waals surface area contributed by atoms with E-state index < -0.39 is 35.9 Å². The van der Waals surface area contributed by atoms with Crippen LogP contribution in [0.2, 0.25) is 0 Å². The van der Waals surface area contributed by atoms with E-state index >= 15 is 0 Å². The molecule has 0 amide bonds. The zero-order chi connectivity index (χ0) is 17.3. The number of fused-ring (bicyclic) bond motifs is 1. The van der Waals surface area contributed by atoms with E-state index in [9.17, 15) is 10.1 Å². The van der Waals surface area contributed by atoms with Crippen LogP contribution >= 0.6 is 0 Å². The first-order valence-corrected chi connectivity index (χ1v) is 7.87. The van der Waals surface area contributed by atoms with Gasteiger partial charge in [-0.05, 0) is 19.9 Å². The Kier molecular flexibility index (Phi) is 4.57. The van der Waals surface area contributed by atoms with Gasteiger partial charge in [0.15, 0.2) is 11.9 Å². The van der Waals surface area contributed by atoms with Crippen molar-refractivity contribution < 1.29 is 23.8 Å². The molecule has 0 N–H and O–H groups in total. The van der Waals surface area contributed by atoms with Crippen molar-refractivity contribution >= 4 is 5.97 Å². The van der Waals surface area contributed by atoms with Crippen molar-refractivity contribution in [3.05, 3.63) is 12.2 Å². The first-order chi connectivity index (χ1) is 11.4. The Bertz CT molecular complexity index is 620. The van der Waals surface area contributed by atoms with Crippen molar-refractivity contribution in [2.75, 3.05) is 13.2 Å². The van der Waals surface area contributed by atoms with Crippen molar-refractivity contribution in [2.45, 2.75) is 50.4 Å². The number of ether oxygens (including phenoxy) is 3. The van der Waals surface area contributed by atoms with Crippen LogP contribution in [0.3, 0.4) is 0 Å². The summed E-state index contributed by atoms with van der Waals surface area (Å²) >= 11 is 0. The third-order valence-corrected chi connectivity index (χ3v) is 4.31. The smallest absolute Gasteiger partial charge is 0.330 e. The summed E-state index contributed by atoms with van der Waals surface area (Å²) in [5.41, 5.74) is 0. The van der Waals surface area contributed by atoms with Gasteiger partial charge in [0.25, 0.3) is 0 Å². The van der Waals surface area contributed by atoms with Crippen LogP contribution < -0.4 is 0 Å². The second-order valence-electron chi connectivity index (χ2n) is 6.43. The summed E-state index contributed by atoms with van der Waals surface area (Å²) in [6.45, 7) is 4.52. The van der Waals surface area contributed by atoms with Crippen LogP contribution in [0.4, 0.5) is 0 Å². The lowest BCUT2D eigenvalue weighted by atomic mass is 9.94. The zero-order valence-corrected chi connectivity index (χ0v) is 13.5. The Morgan fingerprint density at radius 3 is 2.79 bits per heavy atom. The highest BCUT2D eigenvalue weighted by atomic mass is 16.7. The predicted octanol–water partition coefficient (Wildman–Crippen LogP) is 0.657. The summed E-state index contributed by atoms with van der Waals surface area (Å²) < 4.78 is 16.4. The highest BCUT2D eigenvalue weighted by molar-refractivity contribution is 5.82. The van der Waals surface area contributed by atoms with Gasteiger partial charge in [-0.3, -0.25) is 4.84 Å². The molecule has 0 saturated carbocycles. The number of esters is 1. The van der Waals surface area contributed by atoms with Crippen LogP contribution in [-0.2, 0) is 23.8 Å². The Balaban J connectivity index is 1.57. The van der Waals surface area contributed by atoms with Gasteiger partial charge in [-0.2, -0.15) is 15.6 Å². The summed E-state index contributed by atoms with van der Waals surface area (Å²) in [6.07, 6.45) is 1.91. The topological polar surface area (TPSA) is 105 Å². The maximum Gasteiger partial charge on any atom is 0.330 e. The Morgan fingerprint density at radius 1 is 1.38 bits per heavy atom. The molecule has 0 radical (unpaired) electrons. The highest BCUT2D eigenvalue weighted by Gasteiger charge is 2.52. The van der Waals surface area contributed by atoms with Crippen LogP contribution in [-0.4, -0.2) is 54.3 Å². The molecule has 0 aromatic rings. The number of carbonyl (C=O) groups excluding carboxylic acids is 1. The van der Waals surface area contributed by atoms with Crippen molar-refractivity contribution in [2.24, 2.45) is 5.92 Å². The predicted molar refractivity (Wildman–Crippen MR) is 78.6 cm³/mol. The molecule has 0 aromatic carbocycles. The fraction of sp³-hybridized carbons (Fsp3) is 0.688. The number of nitriles is 2. The highest BCUT2D eigenvalue weighted by Crippen LogP contribution is 2.36. The van der Waals surface area contributed by atoms with Crippen LogP contribution in [0, 0.1) is 28.6 Å². The van der Waals surface area contributed by atoms with Gasteiger partial charge in [-0.15, -0.1) is 0 Å². The lowest BCUT2D eigenvalue weighted by Gasteiger charge is -2.20.